The molecule has 1 rings (SSSR count). The van der Waals surface area contributed by atoms with Crippen LogP contribution in [-0.4, -0.2) is 11.9 Å². The number of rotatable bonds is 2. The lowest BCUT2D eigenvalue weighted by Crippen LogP contribution is -2.32. The summed E-state index contributed by atoms with van der Waals surface area (Å²) in [7, 11) is 0. The van der Waals surface area contributed by atoms with Crippen LogP contribution in [0.4, 0.5) is 5.69 Å². The van der Waals surface area contributed by atoms with Gasteiger partial charge < -0.3 is 11.1 Å². The maximum Gasteiger partial charge on any atom is 0.241 e. The Hall–Kier alpha value is -1.38. The summed E-state index contributed by atoms with van der Waals surface area (Å²) in [6.07, 6.45) is 0. The Morgan fingerprint density at radius 3 is 2.87 bits per heavy atom. The van der Waals surface area contributed by atoms with Gasteiger partial charge in [-0.3, -0.25) is 4.79 Å². The Balaban J connectivity index is 2.96. The summed E-state index contributed by atoms with van der Waals surface area (Å²) in [5, 5.41) is 11.4. The van der Waals surface area contributed by atoms with Gasteiger partial charge in [0.05, 0.1) is 17.3 Å². The highest BCUT2D eigenvalue weighted by atomic mass is 79.9. The molecule has 1 aromatic carbocycles. The van der Waals surface area contributed by atoms with E-state index in [-0.39, 0.29) is 5.91 Å². The normalized spacial score (nSPS) is 11.6. The summed E-state index contributed by atoms with van der Waals surface area (Å²) in [5.41, 5.74) is 6.28. The van der Waals surface area contributed by atoms with Gasteiger partial charge in [0.25, 0.3) is 0 Å². The minimum Gasteiger partial charge on any atom is -0.324 e. The Kier molecular flexibility index (Phi) is 3.83. The van der Waals surface area contributed by atoms with Gasteiger partial charge in [0, 0.05) is 4.47 Å². The van der Waals surface area contributed by atoms with Gasteiger partial charge in [0.1, 0.15) is 6.07 Å². The van der Waals surface area contributed by atoms with Crippen LogP contribution < -0.4 is 11.1 Å². The zero-order valence-electron chi connectivity index (χ0n) is 8.12. The van der Waals surface area contributed by atoms with E-state index in [1.54, 1.807) is 25.1 Å². The Morgan fingerprint density at radius 2 is 2.33 bits per heavy atom. The third-order valence-corrected chi connectivity index (χ3v) is 2.27. The van der Waals surface area contributed by atoms with Crippen LogP contribution in [0.25, 0.3) is 0 Å². The molecule has 0 radical (unpaired) electrons. The number of hydrogen-bond acceptors (Lipinski definition) is 3. The first-order valence-electron chi connectivity index (χ1n) is 4.30. The van der Waals surface area contributed by atoms with Gasteiger partial charge >= 0.3 is 0 Å². The van der Waals surface area contributed by atoms with Crippen LogP contribution in [0.1, 0.15) is 12.5 Å². The molecule has 0 fully saturated rings. The maximum absolute atomic E-state index is 11.3. The van der Waals surface area contributed by atoms with E-state index in [4.69, 9.17) is 11.0 Å². The van der Waals surface area contributed by atoms with Crippen molar-refractivity contribution in [3.63, 3.8) is 0 Å². The molecule has 0 aliphatic heterocycles. The third-order valence-electron chi connectivity index (χ3n) is 1.77. The van der Waals surface area contributed by atoms with Crippen LogP contribution in [-0.2, 0) is 4.79 Å². The number of nitrogens with zero attached hydrogens (tertiary/aromatic N) is 1. The SMILES string of the molecule is C[C@H](N)C(=O)Nc1ccc(Br)cc1C#N. The summed E-state index contributed by atoms with van der Waals surface area (Å²) in [6.45, 7) is 1.58. The Morgan fingerprint density at radius 1 is 1.67 bits per heavy atom. The predicted octanol–water partition coefficient (Wildman–Crippen LogP) is 1.61. The molecule has 0 saturated heterocycles. The van der Waals surface area contributed by atoms with Crippen LogP contribution in [0, 0.1) is 11.3 Å². The first-order chi connectivity index (χ1) is 7.04. The third kappa shape index (κ3) is 3.05. The molecule has 0 heterocycles. The van der Waals surface area contributed by atoms with Crippen molar-refractivity contribution in [1.82, 2.24) is 0 Å². The number of nitrogens with one attached hydrogen (secondary N) is 1. The van der Waals surface area contributed by atoms with E-state index in [9.17, 15) is 4.79 Å². The lowest BCUT2D eigenvalue weighted by molar-refractivity contribution is -0.117. The molecule has 0 bridgehead atoms. The number of nitrogens with two attached hydrogens (primary N) is 1. The summed E-state index contributed by atoms with van der Waals surface area (Å²) in [5.74, 6) is -0.311. The summed E-state index contributed by atoms with van der Waals surface area (Å²) >= 11 is 3.24. The summed E-state index contributed by atoms with van der Waals surface area (Å²) in [6, 6.07) is 6.44. The number of halogens is 1. The zero-order valence-corrected chi connectivity index (χ0v) is 9.71. The van der Waals surface area contributed by atoms with E-state index in [1.165, 1.54) is 0 Å². The number of hydrogen-bond donors (Lipinski definition) is 2. The molecule has 1 aromatic rings. The van der Waals surface area contributed by atoms with Crippen LogP contribution in [0.2, 0.25) is 0 Å². The van der Waals surface area contributed by atoms with E-state index < -0.39 is 6.04 Å². The number of carbonyl (C=O) groups excluding carboxylic acids is 1. The molecule has 78 valence electrons. The molecule has 0 aliphatic rings. The molecule has 0 spiro atoms. The van der Waals surface area contributed by atoms with Crippen LogP contribution >= 0.6 is 15.9 Å². The first-order valence-corrected chi connectivity index (χ1v) is 5.10. The van der Waals surface area contributed by atoms with Crippen molar-refractivity contribution in [2.75, 3.05) is 5.32 Å². The molecular formula is C10H10BrN3O. The van der Waals surface area contributed by atoms with Gasteiger partial charge in [0.2, 0.25) is 5.91 Å². The van der Waals surface area contributed by atoms with Gasteiger partial charge in [-0.25, -0.2) is 0 Å². The molecule has 1 atom stereocenters. The molecule has 0 aromatic heterocycles. The highest BCUT2D eigenvalue weighted by molar-refractivity contribution is 9.10. The van der Waals surface area contributed by atoms with Gasteiger partial charge in [-0.2, -0.15) is 5.26 Å². The van der Waals surface area contributed by atoms with Gasteiger partial charge in [0.15, 0.2) is 0 Å². The average Bonchev–Trinajstić information content (AvgIpc) is 2.20. The van der Waals surface area contributed by atoms with Crippen molar-refractivity contribution >= 4 is 27.5 Å². The minimum atomic E-state index is -0.597. The minimum absolute atomic E-state index is 0.311. The molecule has 15 heavy (non-hydrogen) atoms. The van der Waals surface area contributed by atoms with Crippen molar-refractivity contribution in [3.8, 4) is 6.07 Å². The largest absolute Gasteiger partial charge is 0.324 e. The molecule has 0 aliphatic carbocycles. The highest BCUT2D eigenvalue weighted by Gasteiger charge is 2.10. The lowest BCUT2D eigenvalue weighted by Gasteiger charge is -2.09. The Bertz CT molecular complexity index is 423. The van der Waals surface area contributed by atoms with E-state index in [0.29, 0.717) is 11.3 Å². The van der Waals surface area contributed by atoms with E-state index >= 15 is 0 Å². The number of benzene rings is 1. The van der Waals surface area contributed by atoms with E-state index in [0.717, 1.165) is 4.47 Å². The second-order valence-corrected chi connectivity index (χ2v) is 4.00. The molecule has 4 nitrogen and oxygen atoms in total. The molecular weight excluding hydrogens is 258 g/mol. The smallest absolute Gasteiger partial charge is 0.241 e. The van der Waals surface area contributed by atoms with Crippen molar-refractivity contribution in [3.05, 3.63) is 28.2 Å². The van der Waals surface area contributed by atoms with Crippen molar-refractivity contribution in [2.45, 2.75) is 13.0 Å². The fourth-order valence-corrected chi connectivity index (χ4v) is 1.33. The summed E-state index contributed by atoms with van der Waals surface area (Å²) < 4.78 is 0.790. The van der Waals surface area contributed by atoms with Crippen LogP contribution in [0.3, 0.4) is 0 Å². The standard InChI is InChI=1S/C10H10BrN3O/c1-6(13)10(15)14-9-3-2-8(11)4-7(9)5-12/h2-4,6H,13H2,1H3,(H,14,15)/t6-/m0/s1. The fraction of sp³-hybridized carbons (Fsp3) is 0.200. The number of anilines is 1. The second kappa shape index (κ2) is 4.91. The zero-order chi connectivity index (χ0) is 11.4. The van der Waals surface area contributed by atoms with Crippen LogP contribution in [0.15, 0.2) is 22.7 Å². The van der Waals surface area contributed by atoms with Gasteiger partial charge in [-0.1, -0.05) is 15.9 Å². The van der Waals surface area contributed by atoms with E-state index in [2.05, 4.69) is 21.2 Å². The highest BCUT2D eigenvalue weighted by Crippen LogP contribution is 2.20. The number of nitriles is 1. The first kappa shape index (κ1) is 11.7. The second-order valence-electron chi connectivity index (χ2n) is 3.08. The monoisotopic (exact) mass is 267 g/mol. The molecule has 3 N–H and O–H groups in total. The lowest BCUT2D eigenvalue weighted by atomic mass is 10.2. The molecule has 1 amide bonds. The van der Waals surface area contributed by atoms with Crippen LogP contribution in [0.5, 0.6) is 0 Å². The van der Waals surface area contributed by atoms with Gasteiger partial charge in [-0.15, -0.1) is 0 Å². The fourth-order valence-electron chi connectivity index (χ4n) is 0.965. The summed E-state index contributed by atoms with van der Waals surface area (Å²) in [4.78, 5) is 11.3. The molecule has 0 saturated carbocycles. The van der Waals surface area contributed by atoms with Gasteiger partial charge in [-0.05, 0) is 25.1 Å². The molecule has 5 heteroatoms. The topological polar surface area (TPSA) is 78.9 Å². The maximum atomic E-state index is 11.3. The Labute approximate surface area is 96.2 Å². The predicted molar refractivity (Wildman–Crippen MR) is 61.1 cm³/mol. The van der Waals surface area contributed by atoms with Crippen molar-refractivity contribution in [2.24, 2.45) is 5.73 Å². The quantitative estimate of drug-likeness (QED) is 0.855. The number of carbonyl (C=O) groups is 1. The number of amides is 1. The van der Waals surface area contributed by atoms with E-state index in [1.807, 2.05) is 6.07 Å². The molecule has 0 unspecified atom stereocenters. The average molecular weight is 268 g/mol. The van der Waals surface area contributed by atoms with Crippen molar-refractivity contribution in [1.29, 1.82) is 5.26 Å². The van der Waals surface area contributed by atoms with Crippen molar-refractivity contribution < 1.29 is 4.79 Å².